The molecule has 0 aliphatic carbocycles. The fraction of sp³-hybridized carbons (Fsp3) is 0.222. The zero-order chi connectivity index (χ0) is 18.2. The molecule has 1 aromatic carbocycles. The van der Waals surface area contributed by atoms with Gasteiger partial charge in [0, 0.05) is 17.8 Å². The molecule has 3 aromatic rings. The Balaban J connectivity index is 1.50. The van der Waals surface area contributed by atoms with Gasteiger partial charge in [-0.25, -0.2) is 4.98 Å². The molecule has 134 valence electrons. The van der Waals surface area contributed by atoms with Gasteiger partial charge in [-0.15, -0.1) is 11.3 Å². The monoisotopic (exact) mass is 369 g/mol. The molecule has 7 nitrogen and oxygen atoms in total. The number of nitrogens with one attached hydrogen (secondary N) is 1. The first-order valence-corrected chi connectivity index (χ1v) is 9.06. The van der Waals surface area contributed by atoms with Crippen LogP contribution in [0.2, 0.25) is 0 Å². The number of carbonyl (C=O) groups is 1. The van der Waals surface area contributed by atoms with Crippen LogP contribution < -0.4 is 5.43 Å². The SMILES string of the molecule is CCOC(=O)Cc1csc(NN=Cc2ccc(Cn3cccn3)cc2)n1. The minimum atomic E-state index is -0.275. The lowest BCUT2D eigenvalue weighted by Gasteiger charge is -2.02. The molecule has 1 N–H and O–H groups in total. The molecule has 0 amide bonds. The van der Waals surface area contributed by atoms with E-state index < -0.39 is 0 Å². The van der Waals surface area contributed by atoms with Gasteiger partial charge in [-0.05, 0) is 24.1 Å². The van der Waals surface area contributed by atoms with Gasteiger partial charge in [-0.2, -0.15) is 10.2 Å². The number of rotatable bonds is 8. The molecule has 0 saturated heterocycles. The molecule has 3 rings (SSSR count). The van der Waals surface area contributed by atoms with E-state index in [2.05, 4.69) is 20.6 Å². The first kappa shape index (κ1) is 17.8. The molecule has 0 spiro atoms. The van der Waals surface area contributed by atoms with E-state index in [9.17, 15) is 4.79 Å². The Morgan fingerprint density at radius 3 is 2.96 bits per heavy atom. The van der Waals surface area contributed by atoms with E-state index in [4.69, 9.17) is 4.74 Å². The summed E-state index contributed by atoms with van der Waals surface area (Å²) in [5.41, 5.74) is 5.70. The van der Waals surface area contributed by atoms with Crippen LogP contribution in [-0.4, -0.2) is 33.6 Å². The summed E-state index contributed by atoms with van der Waals surface area (Å²) in [6.45, 7) is 2.90. The molecule has 0 aliphatic heterocycles. The summed E-state index contributed by atoms with van der Waals surface area (Å²) < 4.78 is 6.78. The van der Waals surface area contributed by atoms with Crippen molar-refractivity contribution in [1.82, 2.24) is 14.8 Å². The Hall–Kier alpha value is -3.00. The van der Waals surface area contributed by atoms with Crippen LogP contribution in [0.25, 0.3) is 0 Å². The van der Waals surface area contributed by atoms with Crippen LogP contribution in [-0.2, 0) is 22.5 Å². The van der Waals surface area contributed by atoms with Gasteiger partial charge in [0.15, 0.2) is 0 Å². The number of nitrogens with zero attached hydrogens (tertiary/aromatic N) is 4. The Kier molecular flexibility index (Phi) is 6.10. The summed E-state index contributed by atoms with van der Waals surface area (Å²) >= 11 is 1.40. The van der Waals surface area contributed by atoms with Gasteiger partial charge in [0.25, 0.3) is 0 Å². The summed E-state index contributed by atoms with van der Waals surface area (Å²) in [5.74, 6) is -0.275. The van der Waals surface area contributed by atoms with Crippen LogP contribution in [0.15, 0.2) is 53.2 Å². The summed E-state index contributed by atoms with van der Waals surface area (Å²) in [7, 11) is 0. The second kappa shape index (κ2) is 8.91. The lowest BCUT2D eigenvalue weighted by Crippen LogP contribution is -2.07. The highest BCUT2D eigenvalue weighted by Crippen LogP contribution is 2.16. The maximum absolute atomic E-state index is 11.4. The number of carbonyl (C=O) groups excluding carboxylic acids is 1. The quantitative estimate of drug-likeness (QED) is 0.375. The fourth-order valence-electron chi connectivity index (χ4n) is 2.25. The molecule has 8 heteroatoms. The van der Waals surface area contributed by atoms with E-state index in [0.717, 1.165) is 12.1 Å². The van der Waals surface area contributed by atoms with Crippen molar-refractivity contribution >= 4 is 28.7 Å². The van der Waals surface area contributed by atoms with Crippen molar-refractivity contribution in [2.24, 2.45) is 5.10 Å². The number of esters is 1. The van der Waals surface area contributed by atoms with E-state index in [1.54, 1.807) is 19.3 Å². The minimum Gasteiger partial charge on any atom is -0.466 e. The maximum atomic E-state index is 11.4. The normalized spacial score (nSPS) is 11.0. The number of benzene rings is 1. The topological polar surface area (TPSA) is 81.4 Å². The van der Waals surface area contributed by atoms with Crippen molar-refractivity contribution in [1.29, 1.82) is 0 Å². The molecule has 0 aliphatic rings. The van der Waals surface area contributed by atoms with Crippen molar-refractivity contribution in [3.63, 3.8) is 0 Å². The number of aromatic nitrogens is 3. The number of anilines is 1. The maximum Gasteiger partial charge on any atom is 0.311 e. The smallest absolute Gasteiger partial charge is 0.311 e. The average molecular weight is 369 g/mol. The third-order valence-corrected chi connectivity index (χ3v) is 4.24. The van der Waals surface area contributed by atoms with Gasteiger partial charge in [-0.3, -0.25) is 14.9 Å². The van der Waals surface area contributed by atoms with Crippen LogP contribution in [0.4, 0.5) is 5.13 Å². The van der Waals surface area contributed by atoms with Gasteiger partial charge < -0.3 is 4.74 Å². The average Bonchev–Trinajstić information content (AvgIpc) is 3.29. The van der Waals surface area contributed by atoms with E-state index >= 15 is 0 Å². The first-order chi connectivity index (χ1) is 12.7. The number of hydrogen-bond donors (Lipinski definition) is 1. The molecule has 2 heterocycles. The summed E-state index contributed by atoms with van der Waals surface area (Å²) in [5, 5.41) is 10.8. The molecular weight excluding hydrogens is 350 g/mol. The molecular formula is C18H19N5O2S. The van der Waals surface area contributed by atoms with E-state index in [0.29, 0.717) is 17.4 Å². The van der Waals surface area contributed by atoms with E-state index in [1.165, 1.54) is 16.9 Å². The Morgan fingerprint density at radius 1 is 1.38 bits per heavy atom. The Morgan fingerprint density at radius 2 is 2.23 bits per heavy atom. The number of hydrazone groups is 1. The van der Waals surface area contributed by atoms with Crippen molar-refractivity contribution in [3.8, 4) is 0 Å². The van der Waals surface area contributed by atoms with E-state index in [1.807, 2.05) is 46.6 Å². The van der Waals surface area contributed by atoms with Crippen molar-refractivity contribution in [3.05, 3.63) is 64.9 Å². The lowest BCUT2D eigenvalue weighted by atomic mass is 10.1. The predicted octanol–water partition coefficient (Wildman–Crippen LogP) is 2.94. The van der Waals surface area contributed by atoms with Gasteiger partial charge in [0.2, 0.25) is 5.13 Å². The number of thiazole rings is 1. The van der Waals surface area contributed by atoms with Crippen LogP contribution in [0.1, 0.15) is 23.7 Å². The predicted molar refractivity (Wildman–Crippen MR) is 101 cm³/mol. The fourth-order valence-corrected chi connectivity index (χ4v) is 2.91. The van der Waals surface area contributed by atoms with Gasteiger partial charge >= 0.3 is 5.97 Å². The molecule has 0 bridgehead atoms. The largest absolute Gasteiger partial charge is 0.466 e. The van der Waals surface area contributed by atoms with Gasteiger partial charge in [0.1, 0.15) is 0 Å². The highest BCUT2D eigenvalue weighted by molar-refractivity contribution is 7.13. The van der Waals surface area contributed by atoms with Crippen molar-refractivity contribution in [2.75, 3.05) is 12.0 Å². The zero-order valence-electron chi connectivity index (χ0n) is 14.3. The number of ether oxygens (including phenoxy) is 1. The molecule has 0 saturated carbocycles. The van der Waals surface area contributed by atoms with Gasteiger partial charge in [0.05, 0.1) is 31.5 Å². The first-order valence-electron chi connectivity index (χ1n) is 8.18. The zero-order valence-corrected chi connectivity index (χ0v) is 15.1. The molecule has 2 aromatic heterocycles. The second-order valence-electron chi connectivity index (χ2n) is 5.44. The summed E-state index contributed by atoms with van der Waals surface area (Å²) in [6.07, 6.45) is 5.60. The standard InChI is InChI=1S/C18H19N5O2S/c1-2-25-17(24)10-16-13-26-18(21-16)22-19-11-14-4-6-15(7-5-14)12-23-9-3-8-20-23/h3-9,11,13H,2,10,12H2,1H3,(H,21,22). The van der Waals surface area contributed by atoms with Crippen molar-refractivity contribution < 1.29 is 9.53 Å². The Bertz CT molecular complexity index is 856. The third-order valence-electron chi connectivity index (χ3n) is 3.44. The number of hydrogen-bond acceptors (Lipinski definition) is 7. The van der Waals surface area contributed by atoms with Crippen molar-refractivity contribution in [2.45, 2.75) is 19.9 Å². The third kappa shape index (κ3) is 5.25. The highest BCUT2D eigenvalue weighted by Gasteiger charge is 2.07. The van der Waals surface area contributed by atoms with Crippen LogP contribution in [0.5, 0.6) is 0 Å². The molecule has 0 radical (unpaired) electrons. The highest BCUT2D eigenvalue weighted by atomic mass is 32.1. The Labute approximate surface area is 155 Å². The second-order valence-corrected chi connectivity index (χ2v) is 6.30. The molecule has 0 fully saturated rings. The van der Waals surface area contributed by atoms with Crippen LogP contribution >= 0.6 is 11.3 Å². The molecule has 0 unspecified atom stereocenters. The lowest BCUT2D eigenvalue weighted by molar-refractivity contribution is -0.142. The van der Waals surface area contributed by atoms with Crippen LogP contribution in [0, 0.1) is 0 Å². The minimum absolute atomic E-state index is 0.174. The van der Waals surface area contributed by atoms with E-state index in [-0.39, 0.29) is 12.4 Å². The van der Waals surface area contributed by atoms with Crippen LogP contribution in [0.3, 0.4) is 0 Å². The molecule has 26 heavy (non-hydrogen) atoms. The van der Waals surface area contributed by atoms with Gasteiger partial charge in [-0.1, -0.05) is 24.3 Å². The summed E-state index contributed by atoms with van der Waals surface area (Å²) in [6, 6.07) is 9.99. The molecule has 0 atom stereocenters. The summed E-state index contributed by atoms with van der Waals surface area (Å²) in [4.78, 5) is 15.7.